The molecule has 2 aliphatic rings. The molecule has 0 aromatic carbocycles. The molecule has 8 nitrogen and oxygen atoms in total. The molecule has 0 bridgehead atoms. The smallest absolute Gasteiger partial charge is 0.365 e. The number of aromatic nitrogens is 2. The van der Waals surface area contributed by atoms with Gasteiger partial charge in [0.1, 0.15) is 11.3 Å². The quantitative estimate of drug-likeness (QED) is 0.402. The van der Waals surface area contributed by atoms with Crippen molar-refractivity contribution in [2.75, 3.05) is 5.75 Å². The molecule has 1 saturated heterocycles. The number of amides is 1. The van der Waals surface area contributed by atoms with Crippen molar-refractivity contribution in [3.63, 3.8) is 0 Å². The minimum Gasteiger partial charge on any atom is -0.393 e. The van der Waals surface area contributed by atoms with Crippen LogP contribution in [0.3, 0.4) is 0 Å². The molecular weight excluding hydrogens is 422 g/mol. The first-order valence-corrected chi connectivity index (χ1v) is 11.3. The van der Waals surface area contributed by atoms with E-state index in [-0.39, 0.29) is 32.2 Å². The molecular formula is C19H20BN4O4PS. The van der Waals surface area contributed by atoms with Crippen molar-refractivity contribution in [1.82, 2.24) is 14.3 Å². The van der Waals surface area contributed by atoms with Gasteiger partial charge in [-0.25, -0.2) is 9.78 Å². The molecule has 4 heterocycles. The van der Waals surface area contributed by atoms with Gasteiger partial charge in [-0.3, -0.25) is 4.79 Å². The van der Waals surface area contributed by atoms with Gasteiger partial charge in [0.2, 0.25) is 14.5 Å². The standard InChI is InChI=1S/C19H20BN4O4PS/c1-10-15-14(11(2)25)18(26)24(15)16(19(27)28-29-22-20)17(10)30-8-6-12-9-21-13-5-3-4-7-23(12)13/h3-5,7,9-11,14-15,25H,6,8H2,1-2H3/t10-,11?,14?,15?/m1/s1. The van der Waals surface area contributed by atoms with Crippen LogP contribution in [0.4, 0.5) is 0 Å². The Kier molecular flexibility index (Phi) is 6.00. The van der Waals surface area contributed by atoms with Gasteiger partial charge in [0.05, 0.1) is 18.1 Å². The van der Waals surface area contributed by atoms with E-state index in [4.69, 9.17) is 12.5 Å². The lowest BCUT2D eigenvalue weighted by Crippen LogP contribution is -2.63. The van der Waals surface area contributed by atoms with Crippen LogP contribution in [0.2, 0.25) is 0 Å². The number of β-lactam (4-membered cyclic amide) rings is 1. The zero-order chi connectivity index (χ0) is 21.4. The summed E-state index contributed by atoms with van der Waals surface area (Å²) in [5.74, 6) is -0.783. The Morgan fingerprint density at radius 2 is 2.30 bits per heavy atom. The molecule has 2 aliphatic heterocycles. The van der Waals surface area contributed by atoms with Gasteiger partial charge >= 0.3 is 5.97 Å². The number of hydrogen-bond donors (Lipinski definition) is 1. The van der Waals surface area contributed by atoms with E-state index in [1.54, 1.807) is 6.92 Å². The van der Waals surface area contributed by atoms with Crippen molar-refractivity contribution in [2.45, 2.75) is 32.4 Å². The van der Waals surface area contributed by atoms with E-state index in [0.29, 0.717) is 5.75 Å². The van der Waals surface area contributed by atoms with Gasteiger partial charge in [-0.1, -0.05) is 13.0 Å². The average Bonchev–Trinajstić information content (AvgIpc) is 3.24. The highest BCUT2D eigenvalue weighted by Crippen LogP contribution is 2.51. The highest BCUT2D eigenvalue weighted by molar-refractivity contribution is 8.03. The van der Waals surface area contributed by atoms with Crippen LogP contribution in [0.5, 0.6) is 0 Å². The largest absolute Gasteiger partial charge is 0.393 e. The monoisotopic (exact) mass is 442 g/mol. The minimum atomic E-state index is -0.779. The first-order chi connectivity index (χ1) is 14.5. The van der Waals surface area contributed by atoms with Gasteiger partial charge in [-0.2, -0.15) is 0 Å². The number of aliphatic hydroxyl groups is 1. The first-order valence-electron chi connectivity index (χ1n) is 9.56. The number of thioether (sulfide) groups is 1. The van der Waals surface area contributed by atoms with Gasteiger partial charge in [0.25, 0.3) is 7.98 Å². The number of hydrogen-bond acceptors (Lipinski definition) is 7. The number of nitrogens with zero attached hydrogens (tertiary/aromatic N) is 4. The summed E-state index contributed by atoms with van der Waals surface area (Å²) in [6.07, 6.45) is 3.77. The highest BCUT2D eigenvalue weighted by atomic mass is 32.2. The third-order valence-corrected chi connectivity index (χ3v) is 7.21. The summed E-state index contributed by atoms with van der Waals surface area (Å²) in [5.41, 5.74) is 2.19. The highest BCUT2D eigenvalue weighted by Gasteiger charge is 2.60. The molecule has 4 atom stereocenters. The average molecular weight is 442 g/mol. The molecule has 0 saturated carbocycles. The second kappa shape index (κ2) is 8.53. The van der Waals surface area contributed by atoms with Crippen molar-refractivity contribution in [1.29, 1.82) is 0 Å². The molecule has 2 aromatic rings. The summed E-state index contributed by atoms with van der Waals surface area (Å²) in [5, 5.41) is 10.0. The number of pyridine rings is 1. The first kappa shape index (κ1) is 21.1. The molecule has 1 fully saturated rings. The zero-order valence-corrected chi connectivity index (χ0v) is 18.2. The Hall–Kier alpha value is -2.16. The Morgan fingerprint density at radius 3 is 3.03 bits per heavy atom. The van der Waals surface area contributed by atoms with Crippen molar-refractivity contribution in [3.05, 3.63) is 46.9 Å². The Morgan fingerprint density at radius 1 is 1.50 bits per heavy atom. The van der Waals surface area contributed by atoms with E-state index in [9.17, 15) is 14.7 Å². The summed E-state index contributed by atoms with van der Waals surface area (Å²) in [4.78, 5) is 31.9. The summed E-state index contributed by atoms with van der Waals surface area (Å²) in [6, 6.07) is 5.59. The van der Waals surface area contributed by atoms with Gasteiger partial charge in [0.15, 0.2) is 0 Å². The molecule has 3 unspecified atom stereocenters. The Labute approximate surface area is 181 Å². The zero-order valence-electron chi connectivity index (χ0n) is 16.5. The SMILES string of the molecule is [B]N=POC(=O)C1=C(SCCc2cnc3ccccn23)[C@H](C)C2C(C(C)O)C(=O)N12. The lowest BCUT2D eigenvalue weighted by atomic mass is 9.79. The summed E-state index contributed by atoms with van der Waals surface area (Å²) < 4.78 is 10.4. The number of carbonyl (C=O) groups excluding carboxylic acids is 2. The van der Waals surface area contributed by atoms with Gasteiger partial charge in [0, 0.05) is 34.7 Å². The number of carbonyl (C=O) groups is 2. The summed E-state index contributed by atoms with van der Waals surface area (Å²) in [7, 11) is 5.05. The lowest BCUT2D eigenvalue weighted by Gasteiger charge is -2.46. The second-order valence-corrected chi connectivity index (χ2v) is 9.03. The molecule has 0 aliphatic carbocycles. The number of aliphatic hydroxyl groups excluding tert-OH is 1. The van der Waals surface area contributed by atoms with E-state index in [1.807, 2.05) is 41.9 Å². The minimum absolute atomic E-state index is 0.0245. The number of imidazole rings is 1. The van der Waals surface area contributed by atoms with Crippen molar-refractivity contribution in [2.24, 2.45) is 16.5 Å². The predicted octanol–water partition coefficient (Wildman–Crippen LogP) is 2.35. The van der Waals surface area contributed by atoms with Crippen LogP contribution in [0.1, 0.15) is 19.5 Å². The molecule has 11 heteroatoms. The summed E-state index contributed by atoms with van der Waals surface area (Å²) in [6.45, 7) is 3.58. The van der Waals surface area contributed by atoms with E-state index in [2.05, 4.69) is 9.64 Å². The van der Waals surface area contributed by atoms with Crippen LogP contribution in [0.25, 0.3) is 5.65 Å². The maximum atomic E-state index is 12.7. The van der Waals surface area contributed by atoms with E-state index >= 15 is 0 Å². The fourth-order valence-electron chi connectivity index (χ4n) is 4.25. The molecule has 0 spiro atoms. The third kappa shape index (κ3) is 3.47. The van der Waals surface area contributed by atoms with Crippen molar-refractivity contribution < 1.29 is 19.2 Å². The number of rotatable bonds is 7. The van der Waals surface area contributed by atoms with E-state index in [0.717, 1.165) is 22.7 Å². The fraction of sp³-hybridized carbons (Fsp3) is 0.421. The van der Waals surface area contributed by atoms with E-state index < -0.39 is 18.0 Å². The van der Waals surface area contributed by atoms with Crippen LogP contribution in [-0.2, 0) is 20.5 Å². The molecule has 2 aromatic heterocycles. The van der Waals surface area contributed by atoms with Crippen molar-refractivity contribution in [3.8, 4) is 0 Å². The topological polar surface area (TPSA) is 96.5 Å². The normalized spacial score (nSPS) is 24.4. The Balaban J connectivity index is 1.56. The molecule has 30 heavy (non-hydrogen) atoms. The lowest BCUT2D eigenvalue weighted by molar-refractivity contribution is -0.162. The van der Waals surface area contributed by atoms with Crippen molar-refractivity contribution >= 4 is 45.9 Å². The number of aryl methyl sites for hydroxylation is 1. The van der Waals surface area contributed by atoms with Gasteiger partial charge < -0.3 is 23.6 Å². The van der Waals surface area contributed by atoms with Crippen LogP contribution in [-0.4, -0.2) is 57.1 Å². The fourth-order valence-corrected chi connectivity index (χ4v) is 5.70. The van der Waals surface area contributed by atoms with Gasteiger partial charge in [-0.15, -0.1) is 11.8 Å². The molecule has 4 rings (SSSR count). The van der Waals surface area contributed by atoms with E-state index in [1.165, 1.54) is 16.7 Å². The number of fused-ring (bicyclic) bond motifs is 2. The van der Waals surface area contributed by atoms with Crippen LogP contribution in [0.15, 0.2) is 45.9 Å². The van der Waals surface area contributed by atoms with Crippen LogP contribution < -0.4 is 0 Å². The predicted molar refractivity (Wildman–Crippen MR) is 115 cm³/mol. The van der Waals surface area contributed by atoms with Crippen LogP contribution >= 0.6 is 20.4 Å². The maximum absolute atomic E-state index is 12.7. The van der Waals surface area contributed by atoms with Crippen LogP contribution in [0, 0.1) is 11.8 Å². The third-order valence-electron chi connectivity index (χ3n) is 5.58. The maximum Gasteiger partial charge on any atom is 0.365 e. The second-order valence-electron chi connectivity index (χ2n) is 7.32. The molecule has 2 radical (unpaired) electrons. The molecule has 154 valence electrons. The summed E-state index contributed by atoms with van der Waals surface area (Å²) >= 11 is 1.53. The van der Waals surface area contributed by atoms with Gasteiger partial charge in [-0.05, 0) is 25.5 Å². The molecule has 1 N–H and O–H groups in total. The molecule has 1 amide bonds. The Bertz CT molecular complexity index is 1060.